The molecule has 7 heavy (non-hydrogen) atoms. The second-order valence-corrected chi connectivity index (χ2v) is 1.28. The zero-order valence-electron chi connectivity index (χ0n) is 5.82. The molecule has 0 atom stereocenters. The van der Waals surface area contributed by atoms with Crippen LogP contribution >= 0.6 is 0 Å². The van der Waals surface area contributed by atoms with Crippen molar-refractivity contribution >= 4 is 0 Å². The standard InChI is InChI=1S/C3H8O.C3H8/c1-3-4-2;1-3-2/h3H2,1-2H3;3H2,1-2H3. The lowest BCUT2D eigenvalue weighted by atomic mass is 10.6. The quantitative estimate of drug-likeness (QED) is 0.495. The van der Waals surface area contributed by atoms with Crippen molar-refractivity contribution in [2.75, 3.05) is 13.7 Å². The molecule has 0 aliphatic heterocycles. The van der Waals surface area contributed by atoms with Gasteiger partial charge in [-0.15, -0.1) is 0 Å². The minimum absolute atomic E-state index is 0.819. The lowest BCUT2D eigenvalue weighted by Gasteiger charge is -1.76. The molecule has 46 valence electrons. The van der Waals surface area contributed by atoms with Crippen LogP contribution in [0.2, 0.25) is 0 Å². The largest absolute Gasteiger partial charge is 0.385 e. The molecule has 0 aromatic rings. The van der Waals surface area contributed by atoms with Crippen molar-refractivity contribution in [2.24, 2.45) is 0 Å². The topological polar surface area (TPSA) is 9.23 Å². The summed E-state index contributed by atoms with van der Waals surface area (Å²) in [5.41, 5.74) is 0. The molecule has 0 heterocycles. The second kappa shape index (κ2) is 16.7. The first kappa shape index (κ1) is 10.0. The smallest absolute Gasteiger partial charge is 0.0433 e. The van der Waals surface area contributed by atoms with Gasteiger partial charge in [-0.25, -0.2) is 0 Å². The molecule has 0 aromatic carbocycles. The van der Waals surface area contributed by atoms with Crippen LogP contribution in [-0.4, -0.2) is 13.7 Å². The van der Waals surface area contributed by atoms with Crippen molar-refractivity contribution in [3.8, 4) is 0 Å². The number of rotatable bonds is 1. The van der Waals surface area contributed by atoms with Crippen LogP contribution in [0.1, 0.15) is 27.2 Å². The maximum Gasteiger partial charge on any atom is 0.0433 e. The molecule has 1 heteroatoms. The van der Waals surface area contributed by atoms with Crippen LogP contribution in [0.4, 0.5) is 0 Å². The lowest BCUT2D eigenvalue weighted by molar-refractivity contribution is 0.215. The molecule has 0 rings (SSSR count). The van der Waals surface area contributed by atoms with Gasteiger partial charge in [-0.3, -0.25) is 0 Å². The minimum Gasteiger partial charge on any atom is -0.385 e. The van der Waals surface area contributed by atoms with E-state index in [4.69, 9.17) is 0 Å². The first-order valence-electron chi connectivity index (χ1n) is 2.82. The predicted octanol–water partition coefficient (Wildman–Crippen LogP) is 2.07. The maximum absolute atomic E-state index is 4.54. The van der Waals surface area contributed by atoms with E-state index in [0.717, 1.165) is 6.61 Å². The van der Waals surface area contributed by atoms with Crippen LogP contribution in [0.5, 0.6) is 0 Å². The van der Waals surface area contributed by atoms with Gasteiger partial charge in [0.1, 0.15) is 0 Å². The predicted molar refractivity (Wildman–Crippen MR) is 33.5 cm³/mol. The average Bonchev–Trinajstić information content (AvgIpc) is 1.69. The van der Waals surface area contributed by atoms with E-state index >= 15 is 0 Å². The summed E-state index contributed by atoms with van der Waals surface area (Å²) in [6, 6.07) is 0. The Morgan fingerprint density at radius 3 is 1.29 bits per heavy atom. The lowest BCUT2D eigenvalue weighted by Crippen LogP contribution is -1.73. The molecule has 1 nitrogen and oxygen atoms in total. The summed E-state index contributed by atoms with van der Waals surface area (Å²) in [5.74, 6) is 0. The highest BCUT2D eigenvalue weighted by molar-refractivity contribution is 3.94. The van der Waals surface area contributed by atoms with Gasteiger partial charge >= 0.3 is 0 Å². The van der Waals surface area contributed by atoms with Crippen LogP contribution in [0.25, 0.3) is 0 Å². The van der Waals surface area contributed by atoms with Crippen LogP contribution in [0, 0.1) is 0 Å². The Morgan fingerprint density at radius 2 is 1.29 bits per heavy atom. The van der Waals surface area contributed by atoms with Crippen molar-refractivity contribution in [3.63, 3.8) is 0 Å². The van der Waals surface area contributed by atoms with Crippen molar-refractivity contribution in [1.82, 2.24) is 0 Å². The van der Waals surface area contributed by atoms with Gasteiger partial charge in [0.2, 0.25) is 0 Å². The summed E-state index contributed by atoms with van der Waals surface area (Å²) in [5, 5.41) is 0. The normalized spacial score (nSPS) is 6.86. The monoisotopic (exact) mass is 104 g/mol. The van der Waals surface area contributed by atoms with Gasteiger partial charge in [0.15, 0.2) is 0 Å². The SMILES string of the molecule is CCC.CCOC. The highest BCUT2D eigenvalue weighted by Gasteiger charge is 1.51. The van der Waals surface area contributed by atoms with E-state index in [-0.39, 0.29) is 0 Å². The van der Waals surface area contributed by atoms with E-state index in [9.17, 15) is 0 Å². The molecule has 0 amide bonds. The molecule has 0 aliphatic rings. The van der Waals surface area contributed by atoms with Crippen molar-refractivity contribution < 1.29 is 4.74 Å². The molecular formula is C6H16O. The first-order chi connectivity index (χ1) is 3.33. The van der Waals surface area contributed by atoms with Crippen molar-refractivity contribution in [3.05, 3.63) is 0 Å². The van der Waals surface area contributed by atoms with Gasteiger partial charge < -0.3 is 4.74 Å². The molecule has 0 aromatic heterocycles. The second-order valence-electron chi connectivity index (χ2n) is 1.28. The van der Waals surface area contributed by atoms with Gasteiger partial charge in [-0.2, -0.15) is 0 Å². The summed E-state index contributed by atoms with van der Waals surface area (Å²) >= 11 is 0. The fourth-order valence-electron chi connectivity index (χ4n) is 0. The van der Waals surface area contributed by atoms with E-state index in [1.54, 1.807) is 7.11 Å². The van der Waals surface area contributed by atoms with E-state index in [2.05, 4.69) is 18.6 Å². The molecule has 0 saturated heterocycles. The number of hydrogen-bond acceptors (Lipinski definition) is 1. The maximum atomic E-state index is 4.54. The Kier molecular flexibility index (Phi) is 24.0. The van der Waals surface area contributed by atoms with E-state index < -0.39 is 0 Å². The van der Waals surface area contributed by atoms with Crippen LogP contribution < -0.4 is 0 Å². The summed E-state index contributed by atoms with van der Waals surface area (Å²) in [6.07, 6.45) is 1.25. The van der Waals surface area contributed by atoms with Crippen LogP contribution in [-0.2, 0) is 4.74 Å². The molecule has 0 fully saturated rings. The highest BCUT2D eigenvalue weighted by atomic mass is 16.5. The van der Waals surface area contributed by atoms with Crippen molar-refractivity contribution in [2.45, 2.75) is 27.2 Å². The zero-order chi connectivity index (χ0) is 6.12. The third kappa shape index (κ3) is 101. The van der Waals surface area contributed by atoms with Gasteiger partial charge in [0.05, 0.1) is 0 Å². The Bertz CT molecular complexity index is 11.7. The van der Waals surface area contributed by atoms with Crippen molar-refractivity contribution in [1.29, 1.82) is 0 Å². The Labute approximate surface area is 46.7 Å². The highest BCUT2D eigenvalue weighted by Crippen LogP contribution is 1.56. The molecule has 0 radical (unpaired) electrons. The Balaban J connectivity index is 0. The van der Waals surface area contributed by atoms with Gasteiger partial charge in [-0.1, -0.05) is 20.3 Å². The molecule has 0 saturated carbocycles. The molecule has 0 N–H and O–H groups in total. The average molecular weight is 104 g/mol. The Morgan fingerprint density at radius 1 is 1.14 bits per heavy atom. The summed E-state index contributed by atoms with van der Waals surface area (Å²) < 4.78 is 4.54. The molecule has 0 aliphatic carbocycles. The summed E-state index contributed by atoms with van der Waals surface area (Å²) in [7, 11) is 1.68. The zero-order valence-corrected chi connectivity index (χ0v) is 5.82. The minimum atomic E-state index is 0.819. The summed E-state index contributed by atoms with van der Waals surface area (Å²) in [4.78, 5) is 0. The van der Waals surface area contributed by atoms with E-state index in [1.165, 1.54) is 6.42 Å². The molecular weight excluding hydrogens is 88.1 g/mol. The number of ether oxygens (including phenoxy) is 1. The molecule has 0 spiro atoms. The fourth-order valence-corrected chi connectivity index (χ4v) is 0. The number of hydrogen-bond donors (Lipinski definition) is 0. The van der Waals surface area contributed by atoms with E-state index in [1.807, 2.05) is 6.92 Å². The van der Waals surface area contributed by atoms with Gasteiger partial charge in [0.25, 0.3) is 0 Å². The Hall–Kier alpha value is -0.0400. The third-order valence-corrected chi connectivity index (χ3v) is 0.289. The third-order valence-electron chi connectivity index (χ3n) is 0.289. The first-order valence-corrected chi connectivity index (χ1v) is 2.82. The van der Waals surface area contributed by atoms with Crippen LogP contribution in [0.3, 0.4) is 0 Å². The van der Waals surface area contributed by atoms with Gasteiger partial charge in [-0.05, 0) is 6.92 Å². The summed E-state index contributed by atoms with van der Waals surface area (Å²) in [6.45, 7) is 7.03. The van der Waals surface area contributed by atoms with E-state index in [0.29, 0.717) is 0 Å². The number of methoxy groups -OCH3 is 1. The fraction of sp³-hybridized carbons (Fsp3) is 1.00. The molecule has 0 unspecified atom stereocenters. The molecule has 0 bridgehead atoms. The van der Waals surface area contributed by atoms with Gasteiger partial charge in [0, 0.05) is 13.7 Å². The van der Waals surface area contributed by atoms with Crippen LogP contribution in [0.15, 0.2) is 0 Å².